The summed E-state index contributed by atoms with van der Waals surface area (Å²) in [5.74, 6) is -0.242. The quantitative estimate of drug-likeness (QED) is 0.699. The standard InChI is InChI=1S/C14H11Br2FN2S/c15-10-3-6-13(12(16)7-10)19-14(20)18-8-9-1-4-11(17)5-2-9/h1-7H,8H2,(H2,18,19,20). The molecule has 2 rings (SSSR count). The third kappa shape index (κ3) is 4.54. The van der Waals surface area contributed by atoms with E-state index >= 15 is 0 Å². The molecule has 20 heavy (non-hydrogen) atoms. The van der Waals surface area contributed by atoms with Gasteiger partial charge in [-0.2, -0.15) is 0 Å². The van der Waals surface area contributed by atoms with Crippen LogP contribution in [-0.4, -0.2) is 5.11 Å². The molecule has 2 nitrogen and oxygen atoms in total. The van der Waals surface area contributed by atoms with E-state index in [2.05, 4.69) is 42.5 Å². The van der Waals surface area contributed by atoms with Crippen molar-refractivity contribution in [2.24, 2.45) is 0 Å². The van der Waals surface area contributed by atoms with Gasteiger partial charge < -0.3 is 10.6 Å². The van der Waals surface area contributed by atoms with E-state index in [4.69, 9.17) is 12.2 Å². The van der Waals surface area contributed by atoms with Crippen LogP contribution in [0.4, 0.5) is 10.1 Å². The topological polar surface area (TPSA) is 24.1 Å². The van der Waals surface area contributed by atoms with Gasteiger partial charge in [-0.3, -0.25) is 0 Å². The van der Waals surface area contributed by atoms with Crippen LogP contribution in [-0.2, 0) is 6.54 Å². The molecule has 2 aromatic rings. The molecule has 0 radical (unpaired) electrons. The fraction of sp³-hybridized carbons (Fsp3) is 0.0714. The summed E-state index contributed by atoms with van der Waals surface area (Å²) in [6.45, 7) is 0.542. The molecule has 0 aromatic heterocycles. The number of thiocarbonyl (C=S) groups is 1. The van der Waals surface area contributed by atoms with Crippen LogP contribution >= 0.6 is 44.1 Å². The van der Waals surface area contributed by atoms with E-state index < -0.39 is 0 Å². The van der Waals surface area contributed by atoms with Crippen molar-refractivity contribution >= 4 is 54.9 Å². The maximum atomic E-state index is 12.8. The number of benzene rings is 2. The maximum Gasteiger partial charge on any atom is 0.171 e. The Labute approximate surface area is 139 Å². The lowest BCUT2D eigenvalue weighted by Gasteiger charge is -2.12. The highest BCUT2D eigenvalue weighted by atomic mass is 79.9. The highest BCUT2D eigenvalue weighted by molar-refractivity contribution is 9.11. The second-order valence-corrected chi connectivity index (χ2v) is 6.24. The summed E-state index contributed by atoms with van der Waals surface area (Å²) in [6, 6.07) is 12.1. The van der Waals surface area contributed by atoms with Crippen molar-refractivity contribution in [2.45, 2.75) is 6.54 Å². The lowest BCUT2D eigenvalue weighted by atomic mass is 10.2. The minimum Gasteiger partial charge on any atom is -0.358 e. The van der Waals surface area contributed by atoms with E-state index in [9.17, 15) is 4.39 Å². The lowest BCUT2D eigenvalue weighted by Crippen LogP contribution is -2.28. The summed E-state index contributed by atoms with van der Waals surface area (Å²) in [6.07, 6.45) is 0. The SMILES string of the molecule is Fc1ccc(CNC(=S)Nc2ccc(Br)cc2Br)cc1. The first-order valence-electron chi connectivity index (χ1n) is 5.79. The Morgan fingerprint density at radius 1 is 1.10 bits per heavy atom. The molecule has 0 spiro atoms. The third-order valence-corrected chi connectivity index (χ3v) is 3.94. The van der Waals surface area contributed by atoms with Crippen LogP contribution in [0.5, 0.6) is 0 Å². The smallest absolute Gasteiger partial charge is 0.171 e. The number of hydrogen-bond acceptors (Lipinski definition) is 1. The summed E-state index contributed by atoms with van der Waals surface area (Å²) in [7, 11) is 0. The van der Waals surface area contributed by atoms with Crippen LogP contribution in [0.25, 0.3) is 0 Å². The van der Waals surface area contributed by atoms with Gasteiger partial charge in [-0.15, -0.1) is 0 Å². The second kappa shape index (κ2) is 7.15. The first-order chi connectivity index (χ1) is 9.54. The van der Waals surface area contributed by atoms with Crippen LogP contribution in [0, 0.1) is 5.82 Å². The number of halogens is 3. The molecule has 0 unspecified atom stereocenters. The number of nitrogens with one attached hydrogen (secondary N) is 2. The zero-order valence-corrected chi connectivity index (χ0v) is 14.3. The summed E-state index contributed by atoms with van der Waals surface area (Å²) in [5, 5.41) is 6.68. The Morgan fingerprint density at radius 2 is 1.80 bits per heavy atom. The van der Waals surface area contributed by atoms with Crippen molar-refractivity contribution in [3.8, 4) is 0 Å². The summed E-state index contributed by atoms with van der Waals surface area (Å²) in [4.78, 5) is 0. The Kier molecular flexibility index (Phi) is 5.51. The normalized spacial score (nSPS) is 10.2. The van der Waals surface area contributed by atoms with Gasteiger partial charge in [0.05, 0.1) is 5.69 Å². The van der Waals surface area contributed by atoms with Gasteiger partial charge in [-0.25, -0.2) is 4.39 Å². The fourth-order valence-electron chi connectivity index (χ4n) is 1.54. The van der Waals surface area contributed by atoms with Gasteiger partial charge in [0.1, 0.15) is 5.82 Å². The molecule has 0 aliphatic heterocycles. The largest absolute Gasteiger partial charge is 0.358 e. The van der Waals surface area contributed by atoms with Crippen LogP contribution in [0.2, 0.25) is 0 Å². The molecule has 2 aromatic carbocycles. The molecule has 0 heterocycles. The minimum atomic E-state index is -0.242. The first kappa shape index (κ1) is 15.4. The van der Waals surface area contributed by atoms with Gasteiger partial charge in [0, 0.05) is 15.5 Å². The summed E-state index contributed by atoms with van der Waals surface area (Å²) < 4.78 is 14.7. The number of anilines is 1. The van der Waals surface area contributed by atoms with E-state index in [-0.39, 0.29) is 5.82 Å². The summed E-state index contributed by atoms with van der Waals surface area (Å²) >= 11 is 12.1. The molecular weight excluding hydrogens is 407 g/mol. The van der Waals surface area contributed by atoms with Gasteiger partial charge in [-0.1, -0.05) is 28.1 Å². The first-order valence-corrected chi connectivity index (χ1v) is 7.78. The molecule has 0 saturated carbocycles. The molecule has 0 fully saturated rings. The van der Waals surface area contributed by atoms with E-state index in [0.29, 0.717) is 11.7 Å². The highest BCUT2D eigenvalue weighted by Crippen LogP contribution is 2.26. The molecule has 0 aliphatic rings. The molecule has 104 valence electrons. The molecule has 2 N–H and O–H groups in total. The second-order valence-electron chi connectivity index (χ2n) is 4.06. The minimum absolute atomic E-state index is 0.242. The Morgan fingerprint density at radius 3 is 2.45 bits per heavy atom. The van der Waals surface area contributed by atoms with Crippen LogP contribution in [0.3, 0.4) is 0 Å². The van der Waals surface area contributed by atoms with Crippen molar-refractivity contribution in [3.63, 3.8) is 0 Å². The van der Waals surface area contributed by atoms with E-state index in [1.165, 1.54) is 12.1 Å². The predicted octanol–water partition coefficient (Wildman–Crippen LogP) is 4.84. The van der Waals surface area contributed by atoms with Gasteiger partial charge in [-0.05, 0) is 64.0 Å². The molecule has 0 aliphatic carbocycles. The van der Waals surface area contributed by atoms with Gasteiger partial charge in [0.25, 0.3) is 0 Å². The van der Waals surface area contributed by atoms with Gasteiger partial charge in [0.2, 0.25) is 0 Å². The Hall–Kier alpha value is -0.980. The fourth-order valence-corrected chi connectivity index (χ4v) is 2.87. The molecule has 0 bridgehead atoms. The highest BCUT2D eigenvalue weighted by Gasteiger charge is 2.03. The van der Waals surface area contributed by atoms with Crippen LogP contribution in [0.15, 0.2) is 51.4 Å². The molecule has 0 amide bonds. The van der Waals surface area contributed by atoms with Crippen LogP contribution in [0.1, 0.15) is 5.56 Å². The number of rotatable bonds is 3. The maximum absolute atomic E-state index is 12.8. The molecular formula is C14H11Br2FN2S. The molecule has 0 atom stereocenters. The van der Waals surface area contributed by atoms with Gasteiger partial charge >= 0.3 is 0 Å². The number of hydrogen-bond donors (Lipinski definition) is 2. The predicted molar refractivity (Wildman–Crippen MR) is 91.3 cm³/mol. The average Bonchev–Trinajstić information content (AvgIpc) is 2.41. The van der Waals surface area contributed by atoms with Crippen molar-refractivity contribution in [3.05, 3.63) is 62.8 Å². The average molecular weight is 418 g/mol. The van der Waals surface area contributed by atoms with Crippen molar-refractivity contribution in [1.29, 1.82) is 0 Å². The van der Waals surface area contributed by atoms with E-state index in [1.54, 1.807) is 12.1 Å². The van der Waals surface area contributed by atoms with E-state index in [1.807, 2.05) is 18.2 Å². The Bertz CT molecular complexity index is 617. The molecule has 0 saturated heterocycles. The third-order valence-electron chi connectivity index (χ3n) is 2.55. The van der Waals surface area contributed by atoms with Crippen molar-refractivity contribution in [2.75, 3.05) is 5.32 Å². The lowest BCUT2D eigenvalue weighted by molar-refractivity contribution is 0.627. The zero-order chi connectivity index (χ0) is 14.5. The van der Waals surface area contributed by atoms with Crippen LogP contribution < -0.4 is 10.6 Å². The van der Waals surface area contributed by atoms with Crippen molar-refractivity contribution in [1.82, 2.24) is 5.32 Å². The van der Waals surface area contributed by atoms with Gasteiger partial charge in [0.15, 0.2) is 5.11 Å². The monoisotopic (exact) mass is 416 g/mol. The summed E-state index contributed by atoms with van der Waals surface area (Å²) in [5.41, 5.74) is 1.84. The van der Waals surface area contributed by atoms with E-state index in [0.717, 1.165) is 20.2 Å². The Balaban J connectivity index is 1.90. The molecule has 6 heteroatoms. The zero-order valence-electron chi connectivity index (χ0n) is 10.3. The van der Waals surface area contributed by atoms with Crippen molar-refractivity contribution < 1.29 is 4.39 Å².